The Kier molecular flexibility index (Phi) is 6.31. The number of Topliss-reactive ketones (excluding diaryl/α,β-unsaturated/α-hetero) is 1. The number of aryl methyl sites for hydroxylation is 1. The molecule has 3 rings (SSSR count). The molecule has 9 heteroatoms. The van der Waals surface area contributed by atoms with E-state index in [2.05, 4.69) is 5.32 Å². The molecule has 1 aromatic carbocycles. The molecule has 0 aliphatic rings. The summed E-state index contributed by atoms with van der Waals surface area (Å²) >= 11 is 1.26. The first-order valence-corrected chi connectivity index (χ1v) is 9.90. The van der Waals surface area contributed by atoms with Gasteiger partial charge in [-0.15, -0.1) is 11.3 Å². The zero-order valence-electron chi connectivity index (χ0n) is 16.6. The Morgan fingerprint density at radius 1 is 1.07 bits per heavy atom. The van der Waals surface area contributed by atoms with Crippen LogP contribution in [0.5, 0.6) is 0 Å². The summed E-state index contributed by atoms with van der Waals surface area (Å²) in [7, 11) is 0. The summed E-state index contributed by atoms with van der Waals surface area (Å²) < 4.78 is 16.3. The zero-order chi connectivity index (χ0) is 21.8. The Bertz CT molecular complexity index is 1110. The highest BCUT2D eigenvalue weighted by Crippen LogP contribution is 2.29. The summed E-state index contributed by atoms with van der Waals surface area (Å²) in [6.07, 6.45) is 0. The van der Waals surface area contributed by atoms with Crippen molar-refractivity contribution in [2.24, 2.45) is 0 Å². The maximum atomic E-state index is 12.3. The number of amides is 1. The molecular formula is C21H19NO7S. The fraction of sp³-hybridized carbons (Fsp3) is 0.238. The molecule has 0 spiro atoms. The van der Waals surface area contributed by atoms with Gasteiger partial charge in [0.1, 0.15) is 16.2 Å². The smallest absolute Gasteiger partial charge is 0.348 e. The van der Waals surface area contributed by atoms with Crippen LogP contribution >= 0.6 is 11.3 Å². The van der Waals surface area contributed by atoms with E-state index in [0.717, 1.165) is 10.1 Å². The standard InChI is InChI=1S/C21H19NO7S/c1-4-27-21(26)18-17(11(2)23)12(3)29-19(18)22-16(24)10-28-20(25)15-9-13-7-5-6-8-14(13)30-15/h5-9H,4,10H2,1-3H3,(H,22,24). The summed E-state index contributed by atoms with van der Waals surface area (Å²) in [5, 5.41) is 3.27. The van der Waals surface area contributed by atoms with Crippen molar-refractivity contribution >= 4 is 50.9 Å². The Balaban J connectivity index is 1.71. The van der Waals surface area contributed by atoms with Crippen LogP contribution in [0.15, 0.2) is 34.7 Å². The second-order valence-corrected chi connectivity index (χ2v) is 7.37. The van der Waals surface area contributed by atoms with E-state index in [4.69, 9.17) is 13.9 Å². The SMILES string of the molecule is CCOC(=O)c1c(NC(=O)COC(=O)c2cc3ccccc3s2)oc(C)c1C(C)=O. The molecule has 0 aliphatic heterocycles. The van der Waals surface area contributed by atoms with E-state index in [1.54, 1.807) is 13.0 Å². The van der Waals surface area contributed by atoms with Crippen LogP contribution in [0.2, 0.25) is 0 Å². The van der Waals surface area contributed by atoms with Crippen LogP contribution in [0.4, 0.5) is 5.88 Å². The molecule has 0 saturated heterocycles. The molecule has 1 amide bonds. The second-order valence-electron chi connectivity index (χ2n) is 6.29. The minimum atomic E-state index is -0.794. The van der Waals surface area contributed by atoms with E-state index in [1.165, 1.54) is 25.2 Å². The fourth-order valence-corrected chi connectivity index (χ4v) is 3.86. The average molecular weight is 429 g/mol. The Morgan fingerprint density at radius 2 is 1.80 bits per heavy atom. The number of nitrogens with one attached hydrogen (secondary N) is 1. The number of esters is 2. The van der Waals surface area contributed by atoms with Crippen molar-refractivity contribution in [3.8, 4) is 0 Å². The molecule has 0 unspecified atom stereocenters. The summed E-state index contributed by atoms with van der Waals surface area (Å²) in [5.41, 5.74) is -0.128. The molecular weight excluding hydrogens is 410 g/mol. The van der Waals surface area contributed by atoms with Gasteiger partial charge in [-0.3, -0.25) is 14.9 Å². The van der Waals surface area contributed by atoms with E-state index >= 15 is 0 Å². The molecule has 1 N–H and O–H groups in total. The third-order valence-corrected chi connectivity index (χ3v) is 5.23. The third-order valence-electron chi connectivity index (χ3n) is 4.13. The molecule has 0 bridgehead atoms. The molecule has 0 aliphatic carbocycles. The van der Waals surface area contributed by atoms with E-state index in [9.17, 15) is 19.2 Å². The van der Waals surface area contributed by atoms with Gasteiger partial charge in [-0.05, 0) is 38.3 Å². The third kappa shape index (κ3) is 4.41. The first-order chi connectivity index (χ1) is 14.3. The average Bonchev–Trinajstić information content (AvgIpc) is 3.27. The first-order valence-electron chi connectivity index (χ1n) is 9.08. The van der Waals surface area contributed by atoms with E-state index in [0.29, 0.717) is 4.88 Å². The van der Waals surface area contributed by atoms with Gasteiger partial charge in [0.25, 0.3) is 5.91 Å². The van der Waals surface area contributed by atoms with Gasteiger partial charge in [-0.2, -0.15) is 0 Å². The van der Waals surface area contributed by atoms with E-state index in [1.807, 2.05) is 24.3 Å². The van der Waals surface area contributed by atoms with Gasteiger partial charge >= 0.3 is 11.9 Å². The van der Waals surface area contributed by atoms with Crippen LogP contribution in [0.25, 0.3) is 10.1 Å². The van der Waals surface area contributed by atoms with Gasteiger partial charge in [0.05, 0.1) is 12.2 Å². The van der Waals surface area contributed by atoms with Crippen molar-refractivity contribution in [2.75, 3.05) is 18.5 Å². The van der Waals surface area contributed by atoms with Crippen molar-refractivity contribution < 1.29 is 33.1 Å². The molecule has 30 heavy (non-hydrogen) atoms. The van der Waals surface area contributed by atoms with Crippen LogP contribution in [0.1, 0.15) is 50.0 Å². The molecule has 3 aromatic rings. The predicted octanol–water partition coefficient (Wildman–Crippen LogP) is 3.98. The van der Waals surface area contributed by atoms with Gasteiger partial charge in [-0.25, -0.2) is 9.59 Å². The number of carbonyl (C=O) groups is 4. The highest BCUT2D eigenvalue weighted by atomic mass is 32.1. The summed E-state index contributed by atoms with van der Waals surface area (Å²) in [4.78, 5) is 49.0. The van der Waals surface area contributed by atoms with Crippen molar-refractivity contribution in [3.05, 3.63) is 52.1 Å². The van der Waals surface area contributed by atoms with Gasteiger partial charge in [0.2, 0.25) is 5.88 Å². The normalized spacial score (nSPS) is 10.6. The largest absolute Gasteiger partial charge is 0.462 e. The minimum Gasteiger partial charge on any atom is -0.462 e. The summed E-state index contributed by atoms with van der Waals surface area (Å²) in [6, 6.07) is 9.17. The van der Waals surface area contributed by atoms with E-state index < -0.39 is 30.2 Å². The maximum absolute atomic E-state index is 12.3. The molecule has 0 fully saturated rings. The van der Waals surface area contributed by atoms with E-state index in [-0.39, 0.29) is 29.4 Å². The Labute approximate surface area is 175 Å². The molecule has 2 aromatic heterocycles. The van der Waals surface area contributed by atoms with Crippen LogP contribution in [0, 0.1) is 6.92 Å². The van der Waals surface area contributed by atoms with Crippen molar-refractivity contribution in [2.45, 2.75) is 20.8 Å². The molecule has 0 saturated carbocycles. The lowest BCUT2D eigenvalue weighted by molar-refractivity contribution is -0.119. The molecule has 156 valence electrons. The van der Waals surface area contributed by atoms with Crippen LogP contribution in [0.3, 0.4) is 0 Å². The number of anilines is 1. The first kappa shape index (κ1) is 21.3. The number of thiophene rings is 1. The maximum Gasteiger partial charge on any atom is 0.348 e. The number of benzene rings is 1. The monoisotopic (exact) mass is 429 g/mol. The van der Waals surface area contributed by atoms with Crippen LogP contribution in [-0.2, 0) is 14.3 Å². The molecule has 2 heterocycles. The van der Waals surface area contributed by atoms with Gasteiger partial charge < -0.3 is 13.9 Å². The fourth-order valence-electron chi connectivity index (χ4n) is 2.90. The number of hydrogen-bond acceptors (Lipinski definition) is 8. The topological polar surface area (TPSA) is 112 Å². The zero-order valence-corrected chi connectivity index (χ0v) is 17.4. The van der Waals surface area contributed by atoms with Gasteiger partial charge in [0.15, 0.2) is 12.4 Å². The molecule has 0 atom stereocenters. The molecule has 8 nitrogen and oxygen atoms in total. The van der Waals surface area contributed by atoms with Crippen LogP contribution < -0.4 is 5.32 Å². The lowest BCUT2D eigenvalue weighted by Gasteiger charge is -2.06. The lowest BCUT2D eigenvalue weighted by atomic mass is 10.1. The minimum absolute atomic E-state index is 0.0334. The summed E-state index contributed by atoms with van der Waals surface area (Å²) in [6.45, 7) is 3.88. The Morgan fingerprint density at radius 3 is 2.47 bits per heavy atom. The van der Waals surface area contributed by atoms with Crippen molar-refractivity contribution in [1.29, 1.82) is 0 Å². The molecule has 0 radical (unpaired) electrons. The van der Waals surface area contributed by atoms with Crippen LogP contribution in [-0.4, -0.2) is 36.8 Å². The highest BCUT2D eigenvalue weighted by Gasteiger charge is 2.29. The highest BCUT2D eigenvalue weighted by molar-refractivity contribution is 7.20. The van der Waals surface area contributed by atoms with Gasteiger partial charge in [-0.1, -0.05) is 18.2 Å². The van der Waals surface area contributed by atoms with Crippen molar-refractivity contribution in [3.63, 3.8) is 0 Å². The van der Waals surface area contributed by atoms with Crippen molar-refractivity contribution in [1.82, 2.24) is 0 Å². The summed E-state index contributed by atoms with van der Waals surface area (Å²) in [5.74, 6) is -2.62. The quantitative estimate of drug-likeness (QED) is 0.447. The van der Waals surface area contributed by atoms with Gasteiger partial charge in [0, 0.05) is 4.70 Å². The number of fused-ring (bicyclic) bond motifs is 1. The number of ketones is 1. The lowest BCUT2D eigenvalue weighted by Crippen LogP contribution is -2.22. The number of rotatable bonds is 7. The Hall–Kier alpha value is -3.46. The predicted molar refractivity (Wildman–Crippen MR) is 110 cm³/mol. The number of hydrogen-bond donors (Lipinski definition) is 1. The number of carbonyl (C=O) groups excluding carboxylic acids is 4. The number of ether oxygens (including phenoxy) is 2. The second kappa shape index (κ2) is 8.91. The number of furan rings is 1.